The van der Waals surface area contributed by atoms with E-state index in [1.165, 1.54) is 0 Å². The number of carboxylic acids is 1. The van der Waals surface area contributed by atoms with Gasteiger partial charge in [0.1, 0.15) is 0 Å². The Morgan fingerprint density at radius 2 is 1.71 bits per heavy atom. The van der Waals surface area contributed by atoms with E-state index in [0.29, 0.717) is 24.4 Å². The van der Waals surface area contributed by atoms with Crippen molar-refractivity contribution in [3.05, 3.63) is 34.9 Å². The van der Waals surface area contributed by atoms with Gasteiger partial charge in [-0.2, -0.15) is 0 Å². The van der Waals surface area contributed by atoms with Crippen LogP contribution in [-0.4, -0.2) is 28.9 Å². The van der Waals surface area contributed by atoms with Crippen molar-refractivity contribution in [2.24, 2.45) is 5.41 Å². The van der Waals surface area contributed by atoms with E-state index in [2.05, 4.69) is 0 Å². The molecular weight excluding hydrogens is 290 g/mol. The van der Waals surface area contributed by atoms with Gasteiger partial charge in [-0.05, 0) is 30.5 Å². The molecule has 0 spiro atoms. The first kappa shape index (κ1) is 17.5. The average Bonchev–Trinajstić information content (AvgIpc) is 2.46. The predicted molar refractivity (Wildman–Crippen MR) is 83.2 cm³/mol. The fourth-order valence-electron chi connectivity index (χ4n) is 2.25. The molecule has 5 heteroatoms. The topological polar surface area (TPSA) is 57.6 Å². The number of amides is 1. The molecule has 0 aliphatic heterocycles. The molecule has 1 amide bonds. The smallest absolute Gasteiger partial charge is 0.310 e. The molecular formula is C16H22ClNO3. The molecule has 0 saturated carbocycles. The highest BCUT2D eigenvalue weighted by atomic mass is 35.5. The van der Waals surface area contributed by atoms with Gasteiger partial charge in [0.15, 0.2) is 0 Å². The normalized spacial score (nSPS) is 11.2. The maximum atomic E-state index is 12.3. The molecule has 0 radical (unpaired) electrons. The van der Waals surface area contributed by atoms with Crippen molar-refractivity contribution in [2.45, 2.75) is 39.7 Å². The van der Waals surface area contributed by atoms with Gasteiger partial charge >= 0.3 is 5.97 Å². The molecule has 1 aromatic rings. The molecule has 21 heavy (non-hydrogen) atoms. The lowest BCUT2D eigenvalue weighted by molar-refractivity contribution is -0.154. The summed E-state index contributed by atoms with van der Waals surface area (Å²) in [6, 6.07) is 7.26. The number of benzene rings is 1. The van der Waals surface area contributed by atoms with E-state index in [4.69, 9.17) is 11.6 Å². The van der Waals surface area contributed by atoms with E-state index in [1.54, 1.807) is 24.1 Å². The van der Waals surface area contributed by atoms with Crippen molar-refractivity contribution in [2.75, 3.05) is 7.05 Å². The summed E-state index contributed by atoms with van der Waals surface area (Å²) in [5, 5.41) is 10.0. The van der Waals surface area contributed by atoms with Crippen LogP contribution in [0.3, 0.4) is 0 Å². The molecule has 0 aliphatic rings. The van der Waals surface area contributed by atoms with Crippen molar-refractivity contribution in [1.29, 1.82) is 0 Å². The number of carbonyl (C=O) groups excluding carboxylic acids is 1. The maximum Gasteiger partial charge on any atom is 0.310 e. The second kappa shape index (κ2) is 7.46. The fraction of sp³-hybridized carbons (Fsp3) is 0.500. The zero-order valence-electron chi connectivity index (χ0n) is 12.7. The van der Waals surface area contributed by atoms with Gasteiger partial charge in [-0.3, -0.25) is 9.59 Å². The van der Waals surface area contributed by atoms with Gasteiger partial charge in [-0.15, -0.1) is 0 Å². The summed E-state index contributed by atoms with van der Waals surface area (Å²) >= 11 is 5.82. The molecule has 0 fully saturated rings. The molecule has 0 aliphatic carbocycles. The van der Waals surface area contributed by atoms with Gasteiger partial charge in [0.2, 0.25) is 5.91 Å². The number of nitrogens with zero attached hydrogens (tertiary/aromatic N) is 1. The molecule has 0 bridgehead atoms. The molecule has 4 nitrogen and oxygen atoms in total. The highest BCUT2D eigenvalue weighted by Gasteiger charge is 2.37. The van der Waals surface area contributed by atoms with Crippen LogP contribution in [0, 0.1) is 5.41 Å². The summed E-state index contributed by atoms with van der Waals surface area (Å²) in [7, 11) is 1.69. The largest absolute Gasteiger partial charge is 0.481 e. The summed E-state index contributed by atoms with van der Waals surface area (Å²) in [6.45, 7) is 4.06. The lowest BCUT2D eigenvalue weighted by Gasteiger charge is -2.28. The molecule has 0 aromatic heterocycles. The zero-order chi connectivity index (χ0) is 16.0. The molecule has 1 aromatic carbocycles. The average molecular weight is 312 g/mol. The van der Waals surface area contributed by atoms with Crippen molar-refractivity contribution in [3.8, 4) is 0 Å². The second-order valence-electron chi connectivity index (χ2n) is 5.35. The van der Waals surface area contributed by atoms with Gasteiger partial charge in [0.05, 0.1) is 5.41 Å². The highest BCUT2D eigenvalue weighted by molar-refractivity contribution is 6.30. The highest BCUT2D eigenvalue weighted by Crippen LogP contribution is 2.31. The van der Waals surface area contributed by atoms with Crippen LogP contribution in [0.1, 0.15) is 38.7 Å². The zero-order valence-corrected chi connectivity index (χ0v) is 13.5. The lowest BCUT2D eigenvalue weighted by atomic mass is 9.79. The minimum absolute atomic E-state index is 0.0272. The lowest BCUT2D eigenvalue weighted by Crippen LogP contribution is -2.37. The van der Waals surface area contributed by atoms with E-state index in [1.807, 2.05) is 26.0 Å². The Kier molecular flexibility index (Phi) is 6.21. The predicted octanol–water partition coefficient (Wildman–Crippen LogP) is 3.58. The fourth-order valence-corrected chi connectivity index (χ4v) is 2.38. The Hall–Kier alpha value is -1.55. The van der Waals surface area contributed by atoms with Crippen molar-refractivity contribution in [1.82, 2.24) is 4.90 Å². The molecule has 116 valence electrons. The second-order valence-corrected chi connectivity index (χ2v) is 5.78. The van der Waals surface area contributed by atoms with Crippen molar-refractivity contribution < 1.29 is 14.7 Å². The van der Waals surface area contributed by atoms with Crippen LogP contribution in [-0.2, 0) is 16.1 Å². The van der Waals surface area contributed by atoms with E-state index in [0.717, 1.165) is 5.56 Å². The summed E-state index contributed by atoms with van der Waals surface area (Å²) in [6.07, 6.45) is 0.915. The Labute approximate surface area is 130 Å². The Bertz CT molecular complexity index is 495. The van der Waals surface area contributed by atoms with Crippen LogP contribution >= 0.6 is 11.6 Å². The van der Waals surface area contributed by atoms with Crippen molar-refractivity contribution in [3.63, 3.8) is 0 Å². The Morgan fingerprint density at radius 1 is 1.19 bits per heavy atom. The van der Waals surface area contributed by atoms with E-state index in [9.17, 15) is 14.7 Å². The van der Waals surface area contributed by atoms with E-state index in [-0.39, 0.29) is 12.3 Å². The van der Waals surface area contributed by atoms with Gasteiger partial charge < -0.3 is 10.0 Å². The number of halogens is 1. The van der Waals surface area contributed by atoms with Gasteiger partial charge in [-0.1, -0.05) is 37.6 Å². The monoisotopic (exact) mass is 311 g/mol. The molecule has 0 unspecified atom stereocenters. The quantitative estimate of drug-likeness (QED) is 0.837. The molecule has 0 saturated heterocycles. The molecule has 0 heterocycles. The number of aliphatic carboxylic acids is 1. The number of carbonyl (C=O) groups is 2. The first-order chi connectivity index (χ1) is 9.84. The summed E-state index contributed by atoms with van der Waals surface area (Å²) < 4.78 is 0. The number of hydrogen-bond acceptors (Lipinski definition) is 2. The first-order valence-electron chi connectivity index (χ1n) is 7.06. The van der Waals surface area contributed by atoms with E-state index < -0.39 is 11.4 Å². The standard InChI is InChI=1S/C16H22ClNO3/c1-4-16(5-2,15(20)21)10-14(19)18(3)11-12-6-8-13(17)9-7-12/h6-9H,4-5,10-11H2,1-3H3,(H,20,21). The van der Waals surface area contributed by atoms with Crippen LogP contribution in [0.4, 0.5) is 0 Å². The number of rotatable bonds is 7. The van der Waals surface area contributed by atoms with Crippen LogP contribution < -0.4 is 0 Å². The third kappa shape index (κ3) is 4.46. The van der Waals surface area contributed by atoms with Crippen LogP contribution in [0.25, 0.3) is 0 Å². The minimum Gasteiger partial charge on any atom is -0.481 e. The summed E-state index contributed by atoms with van der Waals surface area (Å²) in [5.41, 5.74) is -0.00473. The maximum absolute atomic E-state index is 12.3. The first-order valence-corrected chi connectivity index (χ1v) is 7.44. The van der Waals surface area contributed by atoms with Crippen molar-refractivity contribution >= 4 is 23.5 Å². The summed E-state index contributed by atoms with van der Waals surface area (Å²) in [5.74, 6) is -1.06. The number of hydrogen-bond donors (Lipinski definition) is 1. The molecule has 1 rings (SSSR count). The van der Waals surface area contributed by atoms with E-state index >= 15 is 0 Å². The van der Waals surface area contributed by atoms with Crippen LogP contribution in [0.5, 0.6) is 0 Å². The Morgan fingerprint density at radius 3 is 2.14 bits per heavy atom. The van der Waals surface area contributed by atoms with Crippen LogP contribution in [0.15, 0.2) is 24.3 Å². The van der Waals surface area contributed by atoms with Gasteiger partial charge in [-0.25, -0.2) is 0 Å². The Balaban J connectivity index is 2.73. The SMILES string of the molecule is CCC(CC)(CC(=O)N(C)Cc1ccc(Cl)cc1)C(=O)O. The van der Waals surface area contributed by atoms with Crippen LogP contribution in [0.2, 0.25) is 5.02 Å². The minimum atomic E-state index is -0.967. The third-order valence-electron chi connectivity index (χ3n) is 4.06. The van der Waals surface area contributed by atoms with Gasteiger partial charge in [0.25, 0.3) is 0 Å². The summed E-state index contributed by atoms with van der Waals surface area (Å²) in [4.78, 5) is 25.3. The van der Waals surface area contributed by atoms with Gasteiger partial charge in [0, 0.05) is 25.0 Å². The molecule has 1 N–H and O–H groups in total. The number of carboxylic acid groups (broad SMARTS) is 1. The molecule has 0 atom stereocenters. The third-order valence-corrected chi connectivity index (χ3v) is 4.31.